The Morgan fingerprint density at radius 1 is 1.21 bits per heavy atom. The van der Waals surface area contributed by atoms with Gasteiger partial charge in [0.1, 0.15) is 5.75 Å². The Bertz CT molecular complexity index is 398. The van der Waals surface area contributed by atoms with Crippen molar-refractivity contribution in [3.63, 3.8) is 0 Å². The second kappa shape index (κ2) is 6.95. The Labute approximate surface area is 117 Å². The van der Waals surface area contributed by atoms with Gasteiger partial charge in [-0.05, 0) is 24.4 Å². The molecule has 2 nitrogen and oxygen atoms in total. The fourth-order valence-corrected chi connectivity index (χ4v) is 3.08. The molecule has 1 aliphatic rings. The summed E-state index contributed by atoms with van der Waals surface area (Å²) in [5.41, 5.74) is 2.75. The van der Waals surface area contributed by atoms with Crippen LogP contribution in [0.1, 0.15) is 57.2 Å². The van der Waals surface area contributed by atoms with Crippen LogP contribution in [0.3, 0.4) is 0 Å². The molecule has 1 aromatic carbocycles. The first-order valence-corrected chi connectivity index (χ1v) is 7.79. The van der Waals surface area contributed by atoms with E-state index in [2.05, 4.69) is 44.3 Å². The van der Waals surface area contributed by atoms with Gasteiger partial charge in [0.25, 0.3) is 0 Å². The molecule has 0 amide bonds. The van der Waals surface area contributed by atoms with Crippen LogP contribution in [0.15, 0.2) is 18.2 Å². The predicted molar refractivity (Wildman–Crippen MR) is 80.7 cm³/mol. The number of fused-ring (bicyclic) bond motifs is 1. The average Bonchev–Trinajstić information content (AvgIpc) is 2.92. The third-order valence-corrected chi connectivity index (χ3v) is 4.21. The molecule has 106 valence electrons. The number of ether oxygens (including phenoxy) is 1. The maximum absolute atomic E-state index is 5.89. The summed E-state index contributed by atoms with van der Waals surface area (Å²) in [6.07, 6.45) is 4.65. The molecule has 1 unspecified atom stereocenters. The van der Waals surface area contributed by atoms with Crippen LogP contribution in [0, 0.1) is 5.92 Å². The molecule has 2 rings (SSSR count). The second-order valence-corrected chi connectivity index (χ2v) is 5.44. The largest absolute Gasteiger partial charge is 0.493 e. The van der Waals surface area contributed by atoms with Gasteiger partial charge in [-0.15, -0.1) is 0 Å². The first-order valence-electron chi connectivity index (χ1n) is 7.79. The van der Waals surface area contributed by atoms with Gasteiger partial charge in [-0.1, -0.05) is 51.8 Å². The van der Waals surface area contributed by atoms with Crippen molar-refractivity contribution in [2.45, 2.75) is 52.5 Å². The van der Waals surface area contributed by atoms with E-state index in [0.29, 0.717) is 12.0 Å². The highest BCUT2D eigenvalue weighted by Gasteiger charge is 2.26. The van der Waals surface area contributed by atoms with Gasteiger partial charge in [0.15, 0.2) is 0 Å². The van der Waals surface area contributed by atoms with Crippen LogP contribution < -0.4 is 10.1 Å². The minimum absolute atomic E-state index is 0.433. The maximum atomic E-state index is 5.89. The Balaban J connectivity index is 2.29. The van der Waals surface area contributed by atoms with Gasteiger partial charge in [0.05, 0.1) is 6.61 Å². The molecular weight excluding hydrogens is 234 g/mol. The van der Waals surface area contributed by atoms with Gasteiger partial charge < -0.3 is 10.1 Å². The lowest BCUT2D eigenvalue weighted by Crippen LogP contribution is -2.29. The summed E-state index contributed by atoms with van der Waals surface area (Å²) in [6.45, 7) is 8.72. The molecule has 0 aromatic heterocycles. The van der Waals surface area contributed by atoms with E-state index in [9.17, 15) is 0 Å². The zero-order valence-corrected chi connectivity index (χ0v) is 12.5. The van der Waals surface area contributed by atoms with Crippen LogP contribution in [-0.4, -0.2) is 13.2 Å². The molecule has 0 bridgehead atoms. The van der Waals surface area contributed by atoms with Crippen molar-refractivity contribution in [1.29, 1.82) is 0 Å². The third kappa shape index (κ3) is 3.11. The number of hydrogen-bond donors (Lipinski definition) is 1. The molecule has 0 spiro atoms. The minimum atomic E-state index is 0.433. The van der Waals surface area contributed by atoms with Gasteiger partial charge in [-0.2, -0.15) is 0 Å². The lowest BCUT2D eigenvalue weighted by molar-refractivity contribution is 0.314. The van der Waals surface area contributed by atoms with E-state index in [1.54, 1.807) is 0 Å². The van der Waals surface area contributed by atoms with Crippen LogP contribution in [0.4, 0.5) is 0 Å². The summed E-state index contributed by atoms with van der Waals surface area (Å²) in [4.78, 5) is 0. The summed E-state index contributed by atoms with van der Waals surface area (Å²) in [7, 11) is 0. The molecule has 2 heteroatoms. The molecule has 1 heterocycles. The highest BCUT2D eigenvalue weighted by atomic mass is 16.5. The van der Waals surface area contributed by atoms with Crippen molar-refractivity contribution >= 4 is 0 Å². The van der Waals surface area contributed by atoms with Crippen LogP contribution in [0.2, 0.25) is 0 Å². The zero-order valence-electron chi connectivity index (χ0n) is 12.5. The molecular formula is C17H27NO. The van der Waals surface area contributed by atoms with E-state index in [1.807, 2.05) is 0 Å². The maximum Gasteiger partial charge on any atom is 0.127 e. The van der Waals surface area contributed by atoms with E-state index in [4.69, 9.17) is 4.74 Å². The second-order valence-electron chi connectivity index (χ2n) is 5.44. The Hall–Kier alpha value is -1.02. The fourth-order valence-electron chi connectivity index (χ4n) is 3.08. The van der Waals surface area contributed by atoms with Gasteiger partial charge >= 0.3 is 0 Å². The summed E-state index contributed by atoms with van der Waals surface area (Å²) < 4.78 is 5.89. The summed E-state index contributed by atoms with van der Waals surface area (Å²) in [5.74, 6) is 1.84. The minimum Gasteiger partial charge on any atom is -0.493 e. The van der Waals surface area contributed by atoms with E-state index in [0.717, 1.165) is 25.3 Å². The number of hydrogen-bond acceptors (Lipinski definition) is 2. The van der Waals surface area contributed by atoms with E-state index in [1.165, 1.54) is 30.4 Å². The van der Waals surface area contributed by atoms with Crippen molar-refractivity contribution in [2.24, 2.45) is 5.92 Å². The van der Waals surface area contributed by atoms with E-state index in [-0.39, 0.29) is 0 Å². The Kier molecular flexibility index (Phi) is 5.26. The normalized spacial score (nSPS) is 15.4. The first kappa shape index (κ1) is 14.4. The zero-order chi connectivity index (χ0) is 13.7. The number of para-hydroxylation sites is 1. The highest BCUT2D eigenvalue weighted by molar-refractivity contribution is 5.45. The quantitative estimate of drug-likeness (QED) is 0.798. The molecule has 1 N–H and O–H groups in total. The van der Waals surface area contributed by atoms with E-state index >= 15 is 0 Å². The van der Waals surface area contributed by atoms with Crippen LogP contribution in [-0.2, 0) is 6.42 Å². The van der Waals surface area contributed by atoms with Crippen molar-refractivity contribution < 1.29 is 4.74 Å². The van der Waals surface area contributed by atoms with Crippen LogP contribution >= 0.6 is 0 Å². The number of rotatable bonds is 7. The third-order valence-electron chi connectivity index (χ3n) is 4.21. The molecule has 1 aliphatic heterocycles. The van der Waals surface area contributed by atoms with Crippen LogP contribution in [0.5, 0.6) is 5.75 Å². The molecule has 0 saturated heterocycles. The van der Waals surface area contributed by atoms with Crippen molar-refractivity contribution in [3.05, 3.63) is 29.3 Å². The number of nitrogens with one attached hydrogen (secondary N) is 1. The fraction of sp³-hybridized carbons (Fsp3) is 0.647. The summed E-state index contributed by atoms with van der Waals surface area (Å²) >= 11 is 0. The molecule has 1 aromatic rings. The lowest BCUT2D eigenvalue weighted by atomic mass is 9.87. The highest BCUT2D eigenvalue weighted by Crippen LogP contribution is 2.38. The van der Waals surface area contributed by atoms with Gasteiger partial charge in [-0.3, -0.25) is 0 Å². The number of benzene rings is 1. The van der Waals surface area contributed by atoms with E-state index < -0.39 is 0 Å². The monoisotopic (exact) mass is 261 g/mol. The molecule has 19 heavy (non-hydrogen) atoms. The summed E-state index contributed by atoms with van der Waals surface area (Å²) in [6, 6.07) is 7.07. The predicted octanol–water partition coefficient (Wildman–Crippen LogP) is 4.10. The Morgan fingerprint density at radius 2 is 2.00 bits per heavy atom. The molecule has 0 radical (unpaired) electrons. The van der Waals surface area contributed by atoms with Crippen molar-refractivity contribution in [2.75, 3.05) is 13.2 Å². The summed E-state index contributed by atoms with van der Waals surface area (Å²) in [5, 5.41) is 3.74. The van der Waals surface area contributed by atoms with Crippen molar-refractivity contribution in [1.82, 2.24) is 5.32 Å². The standard InChI is InChI=1S/C17H27NO/c1-4-11-18-16(13(5-2)6-3)15-9-7-8-14-10-12-19-17(14)15/h7-9,13,16,18H,4-6,10-12H2,1-3H3. The molecule has 0 aliphatic carbocycles. The molecule has 0 fully saturated rings. The topological polar surface area (TPSA) is 21.3 Å². The molecule has 0 saturated carbocycles. The average molecular weight is 261 g/mol. The SMILES string of the molecule is CCCNC(c1cccc2c1OCC2)C(CC)CC. The van der Waals surface area contributed by atoms with Gasteiger partial charge in [0.2, 0.25) is 0 Å². The molecule has 1 atom stereocenters. The van der Waals surface area contributed by atoms with Gasteiger partial charge in [-0.25, -0.2) is 0 Å². The van der Waals surface area contributed by atoms with Crippen LogP contribution in [0.25, 0.3) is 0 Å². The van der Waals surface area contributed by atoms with Crippen molar-refractivity contribution in [3.8, 4) is 5.75 Å². The lowest BCUT2D eigenvalue weighted by Gasteiger charge is -2.28. The Morgan fingerprint density at radius 3 is 2.68 bits per heavy atom. The smallest absolute Gasteiger partial charge is 0.127 e. The van der Waals surface area contributed by atoms with Gasteiger partial charge in [0, 0.05) is 18.0 Å². The first-order chi connectivity index (χ1) is 9.31.